The summed E-state index contributed by atoms with van der Waals surface area (Å²) in [5.41, 5.74) is 1.33. The van der Waals surface area contributed by atoms with E-state index >= 15 is 0 Å². The minimum atomic E-state index is 0.139. The van der Waals surface area contributed by atoms with E-state index < -0.39 is 0 Å². The van der Waals surface area contributed by atoms with Gasteiger partial charge in [-0.15, -0.1) is 0 Å². The van der Waals surface area contributed by atoms with Crippen LogP contribution in [0, 0.1) is 5.92 Å². The van der Waals surface area contributed by atoms with Gasteiger partial charge in [0.15, 0.2) is 0 Å². The number of rotatable bonds is 2. The van der Waals surface area contributed by atoms with E-state index in [2.05, 4.69) is 13.1 Å². The monoisotopic (exact) mass is 249 g/mol. The van der Waals surface area contributed by atoms with Gasteiger partial charge in [-0.2, -0.15) is 0 Å². The van der Waals surface area contributed by atoms with Gasteiger partial charge in [-0.05, 0) is 12.5 Å². The molecular formula is C14H21N2O2+. The van der Waals surface area contributed by atoms with E-state index in [1.165, 1.54) is 12.1 Å². The van der Waals surface area contributed by atoms with E-state index in [1.807, 2.05) is 10.6 Å². The Labute approximate surface area is 107 Å². The zero-order valence-corrected chi connectivity index (χ0v) is 10.9. The lowest BCUT2D eigenvalue weighted by Gasteiger charge is -2.47. The highest BCUT2D eigenvalue weighted by molar-refractivity contribution is 5.15. The Hall–Kier alpha value is -1.13. The minimum absolute atomic E-state index is 0.139. The van der Waals surface area contributed by atoms with Crippen LogP contribution in [0.2, 0.25) is 0 Å². The number of likely N-dealkylation sites (tertiary alicyclic amines) is 1. The number of hydrogen-bond acceptors (Lipinski definition) is 2. The highest BCUT2D eigenvalue weighted by atomic mass is 16.3. The van der Waals surface area contributed by atoms with Gasteiger partial charge in [-0.25, -0.2) is 0 Å². The van der Waals surface area contributed by atoms with Crippen LogP contribution in [0.3, 0.4) is 0 Å². The van der Waals surface area contributed by atoms with Crippen molar-refractivity contribution in [2.24, 2.45) is 5.92 Å². The maximum absolute atomic E-state index is 11.9. The quantitative estimate of drug-likeness (QED) is 0.771. The van der Waals surface area contributed by atoms with Crippen molar-refractivity contribution >= 4 is 0 Å². The summed E-state index contributed by atoms with van der Waals surface area (Å²) in [7, 11) is 2.23. The van der Waals surface area contributed by atoms with Crippen molar-refractivity contribution < 1.29 is 9.59 Å². The summed E-state index contributed by atoms with van der Waals surface area (Å²) in [6, 6.07) is 5.63. The first-order valence-electron chi connectivity index (χ1n) is 6.75. The van der Waals surface area contributed by atoms with Gasteiger partial charge in [-0.1, -0.05) is 6.07 Å². The fraction of sp³-hybridized carbons (Fsp3) is 0.643. The Morgan fingerprint density at radius 2 is 2.28 bits per heavy atom. The predicted octanol–water partition coefficient (Wildman–Crippen LogP) is 0.404. The van der Waals surface area contributed by atoms with Crippen molar-refractivity contribution in [2.45, 2.75) is 18.9 Å². The average Bonchev–Trinajstić information content (AvgIpc) is 2.30. The van der Waals surface area contributed by atoms with Crippen LogP contribution in [0.1, 0.15) is 18.0 Å². The molecule has 4 nitrogen and oxygen atoms in total. The molecule has 4 heteroatoms. The molecule has 1 fully saturated rings. The number of fused-ring (bicyclic) bond motifs is 4. The predicted molar refractivity (Wildman–Crippen MR) is 69.4 cm³/mol. The molecule has 1 saturated heterocycles. The molecule has 2 bridgehead atoms. The molecule has 0 radical (unpaired) electrons. The number of quaternary nitrogens is 1. The Kier molecular flexibility index (Phi) is 2.79. The topological polar surface area (TPSA) is 42.2 Å². The average molecular weight is 249 g/mol. The smallest absolute Gasteiger partial charge is 0.250 e. The van der Waals surface area contributed by atoms with Crippen LogP contribution in [0.15, 0.2) is 23.0 Å². The lowest BCUT2D eigenvalue weighted by atomic mass is 9.82. The van der Waals surface area contributed by atoms with E-state index in [-0.39, 0.29) is 12.2 Å². The van der Waals surface area contributed by atoms with E-state index in [0.29, 0.717) is 11.8 Å². The molecule has 0 amide bonds. The molecule has 3 heterocycles. The van der Waals surface area contributed by atoms with Crippen LogP contribution in [-0.4, -0.2) is 47.4 Å². The number of pyridine rings is 1. The van der Waals surface area contributed by atoms with Crippen LogP contribution < -0.4 is 5.56 Å². The van der Waals surface area contributed by atoms with Crippen molar-refractivity contribution in [3.8, 4) is 0 Å². The lowest BCUT2D eigenvalue weighted by Crippen LogP contribution is -2.57. The highest BCUT2D eigenvalue weighted by Crippen LogP contribution is 2.37. The molecule has 0 spiro atoms. The molecule has 98 valence electrons. The second kappa shape index (κ2) is 4.21. The molecule has 1 N–H and O–H groups in total. The fourth-order valence-corrected chi connectivity index (χ4v) is 3.90. The Balaban J connectivity index is 1.97. The summed E-state index contributed by atoms with van der Waals surface area (Å²) in [5, 5.41) is 9.22. The second-order valence-corrected chi connectivity index (χ2v) is 6.13. The molecule has 1 unspecified atom stereocenters. The maximum Gasteiger partial charge on any atom is 0.250 e. The molecule has 2 aliphatic heterocycles. The molecule has 3 atom stereocenters. The number of aliphatic hydroxyl groups is 1. The zero-order valence-electron chi connectivity index (χ0n) is 10.9. The summed E-state index contributed by atoms with van der Waals surface area (Å²) in [5.74, 6) is 1.05. The van der Waals surface area contributed by atoms with Crippen LogP contribution in [-0.2, 0) is 6.54 Å². The molecule has 3 rings (SSSR count). The van der Waals surface area contributed by atoms with Crippen LogP contribution in [0.25, 0.3) is 0 Å². The molecular weight excluding hydrogens is 228 g/mol. The first-order valence-corrected chi connectivity index (χ1v) is 6.75. The largest absolute Gasteiger partial charge is 0.391 e. The SMILES string of the molecule is C[N+]1(CCO)C[C@@H]2C[C@H](C1)c1cccc(=O)n1C2. The molecule has 0 saturated carbocycles. The summed E-state index contributed by atoms with van der Waals surface area (Å²) in [6.07, 6.45) is 1.20. The first kappa shape index (κ1) is 11.9. The van der Waals surface area contributed by atoms with Gasteiger partial charge in [0.2, 0.25) is 0 Å². The van der Waals surface area contributed by atoms with E-state index in [4.69, 9.17) is 0 Å². The summed E-state index contributed by atoms with van der Waals surface area (Å²) < 4.78 is 2.90. The summed E-state index contributed by atoms with van der Waals surface area (Å²) in [6.45, 7) is 4.05. The van der Waals surface area contributed by atoms with Gasteiger partial charge in [0.25, 0.3) is 5.56 Å². The number of likely N-dealkylation sites (N-methyl/N-ethyl adjacent to an activating group) is 1. The highest BCUT2D eigenvalue weighted by Gasteiger charge is 2.41. The van der Waals surface area contributed by atoms with Crippen molar-refractivity contribution in [3.63, 3.8) is 0 Å². The fourth-order valence-electron chi connectivity index (χ4n) is 3.90. The minimum Gasteiger partial charge on any atom is -0.391 e. The van der Waals surface area contributed by atoms with Crippen LogP contribution >= 0.6 is 0 Å². The number of aliphatic hydroxyl groups excluding tert-OH is 1. The van der Waals surface area contributed by atoms with Gasteiger partial charge in [0.1, 0.15) is 6.54 Å². The number of aromatic nitrogens is 1. The van der Waals surface area contributed by atoms with Gasteiger partial charge in [0, 0.05) is 30.1 Å². The third-order valence-corrected chi connectivity index (χ3v) is 4.56. The van der Waals surface area contributed by atoms with Crippen LogP contribution in [0.4, 0.5) is 0 Å². The molecule has 1 aromatic rings. The van der Waals surface area contributed by atoms with Crippen LogP contribution in [0.5, 0.6) is 0 Å². The van der Waals surface area contributed by atoms with Gasteiger partial charge < -0.3 is 14.2 Å². The maximum atomic E-state index is 11.9. The zero-order chi connectivity index (χ0) is 12.8. The first-order chi connectivity index (χ1) is 8.61. The molecule has 2 aliphatic rings. The summed E-state index contributed by atoms with van der Waals surface area (Å²) >= 11 is 0. The summed E-state index contributed by atoms with van der Waals surface area (Å²) in [4.78, 5) is 11.9. The molecule has 18 heavy (non-hydrogen) atoms. The van der Waals surface area contributed by atoms with Gasteiger partial charge >= 0.3 is 0 Å². The normalized spacial score (nSPS) is 34.1. The van der Waals surface area contributed by atoms with Crippen molar-refractivity contribution in [2.75, 3.05) is 33.3 Å². The third kappa shape index (κ3) is 1.89. The molecule has 0 aromatic carbocycles. The standard InChI is InChI=1S/C14H21N2O2/c1-16(5-6-17)9-11-7-12(10-16)13-3-2-4-14(18)15(13)8-11/h2-4,11-12,17H,5-10H2,1H3/q+1/t11-,12-,16?/m1/s1. The lowest BCUT2D eigenvalue weighted by molar-refractivity contribution is -0.920. The van der Waals surface area contributed by atoms with Gasteiger partial charge in [-0.3, -0.25) is 4.79 Å². The molecule has 0 aliphatic carbocycles. The molecule has 1 aromatic heterocycles. The van der Waals surface area contributed by atoms with Gasteiger partial charge in [0.05, 0.1) is 26.7 Å². The van der Waals surface area contributed by atoms with E-state index in [9.17, 15) is 9.90 Å². The number of piperidine rings is 1. The number of nitrogens with zero attached hydrogens (tertiary/aromatic N) is 2. The van der Waals surface area contributed by atoms with E-state index in [0.717, 1.165) is 30.7 Å². The van der Waals surface area contributed by atoms with Crippen molar-refractivity contribution in [3.05, 3.63) is 34.2 Å². The number of hydrogen-bond donors (Lipinski definition) is 1. The Morgan fingerprint density at radius 1 is 1.44 bits per heavy atom. The van der Waals surface area contributed by atoms with Crippen molar-refractivity contribution in [1.82, 2.24) is 4.57 Å². The Bertz CT molecular complexity index is 511. The van der Waals surface area contributed by atoms with E-state index in [1.54, 1.807) is 6.07 Å². The third-order valence-electron chi connectivity index (χ3n) is 4.56. The Morgan fingerprint density at radius 3 is 3.06 bits per heavy atom. The second-order valence-electron chi connectivity index (χ2n) is 6.13. The van der Waals surface area contributed by atoms with Crippen molar-refractivity contribution in [1.29, 1.82) is 0 Å².